The number of aromatic nitrogens is 2. The molecule has 0 radical (unpaired) electrons. The summed E-state index contributed by atoms with van der Waals surface area (Å²) in [5, 5.41) is 17.1. The molecule has 0 saturated carbocycles. The van der Waals surface area contributed by atoms with Gasteiger partial charge in [-0.05, 0) is 39.0 Å². The van der Waals surface area contributed by atoms with Crippen LogP contribution in [0.1, 0.15) is 31.1 Å². The lowest BCUT2D eigenvalue weighted by Gasteiger charge is -2.19. The SMILES string of the molecule is CC(C)(C)OC(=O)n1cc(C(=O)C2CS[S+](c3cccnc3)C2)c2ccccc21.O=C([O-])C(=O)O. The predicted molar refractivity (Wildman–Crippen MR) is 131 cm³/mol. The summed E-state index contributed by atoms with van der Waals surface area (Å²) in [6.45, 7) is 5.49. The number of hydrogen-bond donors (Lipinski definition) is 1. The number of benzene rings is 1. The Morgan fingerprint density at radius 1 is 1.17 bits per heavy atom. The van der Waals surface area contributed by atoms with Gasteiger partial charge in [0.2, 0.25) is 0 Å². The first-order valence-electron chi connectivity index (χ1n) is 10.5. The van der Waals surface area contributed by atoms with E-state index in [4.69, 9.17) is 24.5 Å². The molecule has 3 aromatic rings. The first-order valence-corrected chi connectivity index (χ1v) is 13.4. The van der Waals surface area contributed by atoms with Gasteiger partial charge in [-0.25, -0.2) is 9.59 Å². The maximum Gasteiger partial charge on any atom is 0.419 e. The van der Waals surface area contributed by atoms with Crippen molar-refractivity contribution in [1.82, 2.24) is 9.55 Å². The molecule has 0 amide bonds. The van der Waals surface area contributed by atoms with Gasteiger partial charge in [0.25, 0.3) is 0 Å². The molecule has 1 saturated heterocycles. The average Bonchev–Trinajstić information content (AvgIpc) is 3.44. The highest BCUT2D eigenvalue weighted by atomic mass is 33.1. The van der Waals surface area contributed by atoms with E-state index in [0.29, 0.717) is 11.1 Å². The molecule has 1 aromatic carbocycles. The number of nitrogens with zero attached hydrogens (tertiary/aromatic N) is 2. The Hall–Kier alpha value is -3.31. The highest BCUT2D eigenvalue weighted by Crippen LogP contribution is 2.38. The van der Waals surface area contributed by atoms with Crippen molar-refractivity contribution in [3.8, 4) is 0 Å². The Kier molecular flexibility index (Phi) is 8.23. The smallest absolute Gasteiger partial charge is 0.419 e. The van der Waals surface area contributed by atoms with Crippen LogP contribution < -0.4 is 5.11 Å². The van der Waals surface area contributed by atoms with Crippen LogP contribution in [0.5, 0.6) is 0 Å². The largest absolute Gasteiger partial charge is 0.539 e. The Morgan fingerprint density at radius 2 is 1.86 bits per heavy atom. The van der Waals surface area contributed by atoms with Crippen molar-refractivity contribution in [3.63, 3.8) is 0 Å². The van der Waals surface area contributed by atoms with Gasteiger partial charge in [0.1, 0.15) is 11.4 Å². The van der Waals surface area contributed by atoms with Gasteiger partial charge in [-0.1, -0.05) is 18.2 Å². The van der Waals surface area contributed by atoms with E-state index in [2.05, 4.69) is 11.1 Å². The third kappa shape index (κ3) is 6.64. The van der Waals surface area contributed by atoms with Crippen molar-refractivity contribution < 1.29 is 34.1 Å². The first kappa shape index (κ1) is 26.3. The molecule has 0 bridgehead atoms. The lowest BCUT2D eigenvalue weighted by molar-refractivity contribution is -0.303. The van der Waals surface area contributed by atoms with Crippen LogP contribution in [0.2, 0.25) is 0 Å². The summed E-state index contributed by atoms with van der Waals surface area (Å²) in [7, 11) is 1.79. The molecule has 0 aliphatic carbocycles. The molecule has 184 valence electrons. The lowest BCUT2D eigenvalue weighted by atomic mass is 10.0. The molecule has 11 heteroatoms. The average molecular weight is 517 g/mol. The Balaban J connectivity index is 0.000000509. The predicted octanol–water partition coefficient (Wildman–Crippen LogP) is 2.78. The lowest BCUT2D eigenvalue weighted by Crippen LogP contribution is -2.30. The maximum absolute atomic E-state index is 13.4. The van der Waals surface area contributed by atoms with Gasteiger partial charge in [0.15, 0.2) is 16.6 Å². The summed E-state index contributed by atoms with van der Waals surface area (Å²) in [6, 6.07) is 11.5. The number of fused-ring (bicyclic) bond motifs is 1. The number of para-hydroxylation sites is 1. The van der Waals surface area contributed by atoms with Crippen molar-refractivity contribution in [2.45, 2.75) is 31.3 Å². The number of carbonyl (C=O) groups excluding carboxylic acids is 3. The molecule has 2 aromatic heterocycles. The van der Waals surface area contributed by atoms with Crippen LogP contribution in [0, 0.1) is 5.92 Å². The van der Waals surface area contributed by atoms with Crippen LogP contribution in [0.25, 0.3) is 10.9 Å². The van der Waals surface area contributed by atoms with Gasteiger partial charge in [0, 0.05) is 23.3 Å². The number of pyridine rings is 1. The van der Waals surface area contributed by atoms with E-state index in [1.165, 1.54) is 9.46 Å². The summed E-state index contributed by atoms with van der Waals surface area (Å²) in [4.78, 5) is 49.5. The van der Waals surface area contributed by atoms with Gasteiger partial charge in [-0.2, -0.15) is 0 Å². The number of rotatable bonds is 3. The standard InChI is InChI=1S/C22H23N2O3S2.C2H2O4/c1-22(2,3)27-21(26)24-12-18(17-8-4-5-9-19(17)24)20(25)15-13-28-29(14-15)16-7-6-10-23-11-16;3-1(4)2(5)6/h4-12,15H,13-14H2,1-3H3;(H,3,4)(H,5,6)/q+1;/p-1. The molecule has 2 unspecified atom stereocenters. The Morgan fingerprint density at radius 3 is 2.46 bits per heavy atom. The highest BCUT2D eigenvalue weighted by molar-refractivity contribution is 8.74. The second kappa shape index (κ2) is 11.0. The fraction of sp³-hybridized carbons (Fsp3) is 0.292. The van der Waals surface area contributed by atoms with Gasteiger partial charge in [0.05, 0.1) is 44.1 Å². The summed E-state index contributed by atoms with van der Waals surface area (Å²) < 4.78 is 6.98. The van der Waals surface area contributed by atoms with E-state index in [1.54, 1.807) is 12.4 Å². The molecule has 4 rings (SSSR count). The maximum atomic E-state index is 13.4. The van der Waals surface area contributed by atoms with Crippen LogP contribution in [0.3, 0.4) is 0 Å². The molecule has 9 nitrogen and oxygen atoms in total. The number of carbonyl (C=O) groups is 4. The van der Waals surface area contributed by atoms with E-state index in [-0.39, 0.29) is 21.6 Å². The minimum absolute atomic E-state index is 0.0293. The molecule has 35 heavy (non-hydrogen) atoms. The monoisotopic (exact) mass is 516 g/mol. The minimum atomic E-state index is -2.07. The quantitative estimate of drug-likeness (QED) is 0.241. The highest BCUT2D eigenvalue weighted by Gasteiger charge is 2.42. The zero-order chi connectivity index (χ0) is 25.8. The van der Waals surface area contributed by atoms with Gasteiger partial charge >= 0.3 is 12.1 Å². The minimum Gasteiger partial charge on any atom is -0.539 e. The zero-order valence-corrected chi connectivity index (χ0v) is 20.9. The van der Waals surface area contributed by atoms with E-state index in [9.17, 15) is 9.59 Å². The number of carboxylic acids is 2. The van der Waals surface area contributed by atoms with Crippen LogP contribution in [0.15, 0.2) is 59.9 Å². The normalized spacial score (nSPS) is 17.3. The zero-order valence-electron chi connectivity index (χ0n) is 19.3. The van der Waals surface area contributed by atoms with Gasteiger partial charge in [-0.3, -0.25) is 14.3 Å². The third-order valence-electron chi connectivity index (χ3n) is 4.77. The van der Waals surface area contributed by atoms with Crippen molar-refractivity contribution in [3.05, 3.63) is 60.6 Å². The van der Waals surface area contributed by atoms with E-state index in [1.807, 2.05) is 68.1 Å². The summed E-state index contributed by atoms with van der Waals surface area (Å²) in [6.07, 6.45) is 4.83. The number of ether oxygens (including phenoxy) is 1. The van der Waals surface area contributed by atoms with Crippen LogP contribution in [-0.2, 0) is 24.3 Å². The molecular formula is C24H24N2O7S2. The fourth-order valence-corrected chi connectivity index (χ4v) is 7.98. The van der Waals surface area contributed by atoms with Gasteiger partial charge in [-0.15, -0.1) is 0 Å². The van der Waals surface area contributed by atoms with Crippen molar-refractivity contribution in [1.29, 1.82) is 0 Å². The second-order valence-corrected chi connectivity index (χ2v) is 12.5. The Labute approximate surface area is 208 Å². The number of ketones is 1. The fourth-order valence-electron chi connectivity index (χ4n) is 3.30. The summed E-state index contributed by atoms with van der Waals surface area (Å²) >= 11 is 0. The third-order valence-corrected chi connectivity index (χ3v) is 9.32. The number of aliphatic carboxylic acids is 2. The molecule has 1 aliphatic heterocycles. The molecular weight excluding hydrogens is 492 g/mol. The van der Waals surface area contributed by atoms with E-state index in [0.717, 1.165) is 16.9 Å². The first-order chi connectivity index (χ1) is 16.5. The van der Waals surface area contributed by atoms with Crippen LogP contribution in [-0.4, -0.2) is 55.6 Å². The molecule has 1 N–H and O–H groups in total. The topological polar surface area (TPSA) is 139 Å². The summed E-state index contributed by atoms with van der Waals surface area (Å²) in [5.74, 6) is -2.40. The molecule has 3 heterocycles. The number of carboxylic acid groups (broad SMARTS) is 2. The summed E-state index contributed by atoms with van der Waals surface area (Å²) in [5.41, 5.74) is 0.683. The van der Waals surface area contributed by atoms with Gasteiger partial charge < -0.3 is 19.7 Å². The van der Waals surface area contributed by atoms with Crippen LogP contribution >= 0.6 is 10.8 Å². The van der Waals surface area contributed by atoms with E-state index >= 15 is 0 Å². The van der Waals surface area contributed by atoms with E-state index < -0.39 is 23.6 Å². The number of Topliss-reactive ketones (excluding diaryl/α,β-unsaturated/α-hetero) is 1. The van der Waals surface area contributed by atoms with Crippen molar-refractivity contribution >= 4 is 55.4 Å². The molecule has 2 atom stereocenters. The molecule has 1 fully saturated rings. The van der Waals surface area contributed by atoms with Crippen molar-refractivity contribution in [2.75, 3.05) is 11.5 Å². The molecule has 0 spiro atoms. The number of hydrogen-bond acceptors (Lipinski definition) is 8. The van der Waals surface area contributed by atoms with Crippen molar-refractivity contribution in [2.24, 2.45) is 5.92 Å². The van der Waals surface area contributed by atoms with Crippen LogP contribution in [0.4, 0.5) is 4.79 Å². The Bertz CT molecular complexity index is 1240. The second-order valence-electron chi connectivity index (χ2n) is 8.55. The molecule has 1 aliphatic rings.